The minimum Gasteiger partial charge on any atom is -0.323 e. The topological polar surface area (TPSA) is 58.2 Å². The van der Waals surface area contributed by atoms with Gasteiger partial charge in [0.1, 0.15) is 0 Å². The summed E-state index contributed by atoms with van der Waals surface area (Å²) in [7, 11) is 0. The van der Waals surface area contributed by atoms with Crippen LogP contribution in [-0.4, -0.2) is 11.8 Å². The molecule has 0 aliphatic rings. The second-order valence-electron chi connectivity index (χ2n) is 12.5. The van der Waals surface area contributed by atoms with Gasteiger partial charge in [0.05, 0.1) is 17.1 Å². The maximum Gasteiger partial charge on any atom is 0.224 e. The average molecular weight is 843 g/mol. The van der Waals surface area contributed by atoms with Crippen molar-refractivity contribution in [2.75, 3.05) is 10.6 Å². The van der Waals surface area contributed by atoms with Crippen molar-refractivity contribution in [1.82, 2.24) is 0 Å². The molecule has 2 N–H and O–H groups in total. The summed E-state index contributed by atoms with van der Waals surface area (Å²) in [6.07, 6.45) is 35.0. The summed E-state index contributed by atoms with van der Waals surface area (Å²) >= 11 is 6.17. The van der Waals surface area contributed by atoms with Crippen LogP contribution in [0.3, 0.4) is 0 Å². The highest BCUT2D eigenvalue weighted by Gasteiger charge is 2.19. The van der Waals surface area contributed by atoms with Gasteiger partial charge in [-0.2, -0.15) is 0 Å². The third-order valence-electron chi connectivity index (χ3n) is 8.37. The molecule has 0 bridgehead atoms. The SMILES string of the molecule is CCCCCCCCCCCCCCCC(=O)Nc1c(I)sc(I)c1NC(=O)CCCCCCCCCCCCCCC. The Morgan fingerprint density at radius 1 is 0.442 bits per heavy atom. The van der Waals surface area contributed by atoms with Gasteiger partial charge in [0.25, 0.3) is 0 Å². The molecular weight excluding hydrogens is 778 g/mol. The van der Waals surface area contributed by atoms with Gasteiger partial charge >= 0.3 is 0 Å². The minimum atomic E-state index is 0.0576. The molecule has 0 spiro atoms. The number of rotatable bonds is 30. The van der Waals surface area contributed by atoms with Gasteiger partial charge in [-0.3, -0.25) is 9.59 Å². The maximum atomic E-state index is 12.7. The van der Waals surface area contributed by atoms with Crippen LogP contribution in [0.2, 0.25) is 0 Å². The first kappa shape index (κ1) is 41.1. The summed E-state index contributed by atoms with van der Waals surface area (Å²) < 4.78 is 2.05. The van der Waals surface area contributed by atoms with Gasteiger partial charge in [-0.1, -0.05) is 168 Å². The fraction of sp³-hybridized carbons (Fsp3) is 0.833. The molecule has 4 nitrogen and oxygen atoms in total. The van der Waals surface area contributed by atoms with Gasteiger partial charge in [-0.05, 0) is 58.0 Å². The van der Waals surface area contributed by atoms with Crippen molar-refractivity contribution in [3.63, 3.8) is 0 Å². The Kier molecular flexibility index (Phi) is 28.2. The molecule has 0 fully saturated rings. The smallest absolute Gasteiger partial charge is 0.224 e. The Labute approximate surface area is 297 Å². The van der Waals surface area contributed by atoms with E-state index in [0.29, 0.717) is 12.8 Å². The van der Waals surface area contributed by atoms with Crippen LogP contribution < -0.4 is 10.6 Å². The lowest BCUT2D eigenvalue weighted by Crippen LogP contribution is -2.16. The molecule has 0 saturated carbocycles. The molecule has 1 rings (SSSR count). The molecule has 0 aromatic carbocycles. The predicted octanol–water partition coefficient (Wildman–Crippen LogP) is 13.8. The Morgan fingerprint density at radius 3 is 0.930 bits per heavy atom. The number of thiophene rings is 1. The van der Waals surface area contributed by atoms with E-state index in [1.165, 1.54) is 141 Å². The number of nitrogens with one attached hydrogen (secondary N) is 2. The number of halogens is 2. The molecular formula is C36H64I2N2O2S. The van der Waals surface area contributed by atoms with E-state index in [1.807, 2.05) is 0 Å². The van der Waals surface area contributed by atoms with Gasteiger partial charge in [-0.25, -0.2) is 0 Å². The molecule has 1 aromatic heterocycles. The number of hydrogen-bond donors (Lipinski definition) is 2. The quantitative estimate of drug-likeness (QED) is 0.0599. The second kappa shape index (κ2) is 29.5. The van der Waals surface area contributed by atoms with Crippen molar-refractivity contribution in [2.45, 2.75) is 194 Å². The van der Waals surface area contributed by atoms with E-state index < -0.39 is 0 Å². The first-order chi connectivity index (χ1) is 21.0. The zero-order valence-electron chi connectivity index (χ0n) is 27.8. The zero-order chi connectivity index (χ0) is 31.4. The van der Waals surface area contributed by atoms with Crippen molar-refractivity contribution in [3.8, 4) is 0 Å². The third kappa shape index (κ3) is 23.1. The van der Waals surface area contributed by atoms with Gasteiger partial charge in [0.15, 0.2) is 0 Å². The van der Waals surface area contributed by atoms with Crippen LogP contribution >= 0.6 is 56.5 Å². The molecule has 1 heterocycles. The van der Waals surface area contributed by atoms with Crippen molar-refractivity contribution in [3.05, 3.63) is 5.77 Å². The van der Waals surface area contributed by atoms with E-state index in [4.69, 9.17) is 0 Å². The molecule has 0 atom stereocenters. The summed E-state index contributed by atoms with van der Waals surface area (Å²) in [4.78, 5) is 25.4. The summed E-state index contributed by atoms with van der Waals surface area (Å²) in [5.41, 5.74) is 1.57. The van der Waals surface area contributed by atoms with E-state index in [2.05, 4.69) is 69.7 Å². The largest absolute Gasteiger partial charge is 0.323 e. The summed E-state index contributed by atoms with van der Waals surface area (Å²) in [5, 5.41) is 6.22. The van der Waals surface area contributed by atoms with Gasteiger partial charge in [-0.15, -0.1) is 11.3 Å². The van der Waals surface area contributed by atoms with Crippen molar-refractivity contribution in [1.29, 1.82) is 0 Å². The molecule has 0 aliphatic carbocycles. The van der Waals surface area contributed by atoms with E-state index in [1.54, 1.807) is 11.3 Å². The predicted molar refractivity (Wildman–Crippen MR) is 208 cm³/mol. The number of amides is 2. The number of unbranched alkanes of at least 4 members (excludes halogenated alkanes) is 24. The standard InChI is InChI=1S/C36H64I2N2O2S/c1-3-5-7-9-11-13-15-17-19-21-23-25-27-29-31(41)39-33-34(36(38)43-35(33)37)40-32(42)30-28-26-24-22-20-18-16-14-12-10-8-6-4-2/h3-30H2,1-2H3,(H,39,41)(H,40,42). The van der Waals surface area contributed by atoms with Gasteiger partial charge < -0.3 is 10.6 Å². The molecule has 0 aliphatic heterocycles. The van der Waals surface area contributed by atoms with Crippen LogP contribution in [0.5, 0.6) is 0 Å². The van der Waals surface area contributed by atoms with Crippen LogP contribution in [0.25, 0.3) is 0 Å². The molecule has 2 amide bonds. The van der Waals surface area contributed by atoms with Crippen molar-refractivity contribution < 1.29 is 9.59 Å². The number of carbonyl (C=O) groups is 2. The number of carbonyl (C=O) groups excluding carboxylic acids is 2. The fourth-order valence-electron chi connectivity index (χ4n) is 5.61. The van der Waals surface area contributed by atoms with E-state index >= 15 is 0 Å². The summed E-state index contributed by atoms with van der Waals surface area (Å²) in [6.45, 7) is 4.55. The highest BCUT2D eigenvalue weighted by Crippen LogP contribution is 2.40. The zero-order valence-corrected chi connectivity index (χ0v) is 32.9. The molecule has 43 heavy (non-hydrogen) atoms. The second-order valence-corrected chi connectivity index (χ2v) is 17.1. The highest BCUT2D eigenvalue weighted by atomic mass is 127. The highest BCUT2D eigenvalue weighted by molar-refractivity contribution is 14.1. The van der Waals surface area contributed by atoms with Crippen LogP contribution in [0, 0.1) is 5.77 Å². The Bertz CT molecular complexity index is 766. The van der Waals surface area contributed by atoms with Crippen molar-refractivity contribution in [2.24, 2.45) is 0 Å². The van der Waals surface area contributed by atoms with Crippen LogP contribution in [0.4, 0.5) is 11.4 Å². The molecule has 250 valence electrons. The Balaban J connectivity index is 2.13. The molecule has 0 radical (unpaired) electrons. The number of anilines is 2. The normalized spacial score (nSPS) is 11.3. The van der Waals surface area contributed by atoms with Crippen LogP contribution in [-0.2, 0) is 9.59 Å². The minimum absolute atomic E-state index is 0.0576. The fourth-order valence-corrected chi connectivity index (χ4v) is 9.67. The molecule has 7 heteroatoms. The number of hydrogen-bond acceptors (Lipinski definition) is 3. The lowest BCUT2D eigenvalue weighted by Gasteiger charge is -2.10. The first-order valence-corrected chi connectivity index (χ1v) is 21.0. The molecule has 0 saturated heterocycles. The lowest BCUT2D eigenvalue weighted by atomic mass is 10.0. The maximum absolute atomic E-state index is 12.7. The van der Waals surface area contributed by atoms with E-state index in [0.717, 1.165) is 42.8 Å². The van der Waals surface area contributed by atoms with Crippen LogP contribution in [0.1, 0.15) is 194 Å². The third-order valence-corrected chi connectivity index (χ3v) is 11.5. The van der Waals surface area contributed by atoms with E-state index in [9.17, 15) is 9.59 Å². The Morgan fingerprint density at radius 2 is 0.674 bits per heavy atom. The lowest BCUT2D eigenvalue weighted by molar-refractivity contribution is -0.117. The van der Waals surface area contributed by atoms with Gasteiger partial charge in [0.2, 0.25) is 11.8 Å². The average Bonchev–Trinajstić information content (AvgIpc) is 3.24. The van der Waals surface area contributed by atoms with E-state index in [-0.39, 0.29) is 11.8 Å². The molecule has 0 unspecified atom stereocenters. The summed E-state index contributed by atoms with van der Waals surface area (Å²) in [5.74, 6) is 0.115. The summed E-state index contributed by atoms with van der Waals surface area (Å²) in [6, 6.07) is 0. The van der Waals surface area contributed by atoms with Crippen LogP contribution in [0.15, 0.2) is 0 Å². The monoisotopic (exact) mass is 842 g/mol. The van der Waals surface area contributed by atoms with Gasteiger partial charge in [0, 0.05) is 12.8 Å². The molecule has 1 aromatic rings. The van der Waals surface area contributed by atoms with Crippen molar-refractivity contribution >= 4 is 79.7 Å². The first-order valence-electron chi connectivity index (χ1n) is 18.1. The Hall–Kier alpha value is 0.1000.